The van der Waals surface area contributed by atoms with Crippen LogP contribution in [0.3, 0.4) is 0 Å². The molecule has 0 radical (unpaired) electrons. The molecule has 1 unspecified atom stereocenters. The summed E-state index contributed by atoms with van der Waals surface area (Å²) in [6, 6.07) is 9.26. The Morgan fingerprint density at radius 2 is 1.84 bits per heavy atom. The lowest BCUT2D eigenvalue weighted by atomic mass is 10.1. The van der Waals surface area contributed by atoms with Gasteiger partial charge in [-0.1, -0.05) is 30.3 Å². The first-order chi connectivity index (χ1) is 9.17. The fraction of sp³-hybridized carbons (Fsp3) is 0.400. The summed E-state index contributed by atoms with van der Waals surface area (Å²) in [5.74, 6) is -0.0245. The minimum atomic E-state index is -0.701. The van der Waals surface area contributed by atoms with Gasteiger partial charge in [0.1, 0.15) is 5.76 Å². The predicted molar refractivity (Wildman–Crippen MR) is 72.4 cm³/mol. The topological polar surface area (TPSA) is 55.8 Å². The molecule has 0 aliphatic heterocycles. The van der Waals surface area contributed by atoms with Gasteiger partial charge in [-0.05, 0) is 19.4 Å². The van der Waals surface area contributed by atoms with Crippen molar-refractivity contribution in [3.63, 3.8) is 0 Å². The van der Waals surface area contributed by atoms with E-state index in [9.17, 15) is 9.90 Å². The summed E-state index contributed by atoms with van der Waals surface area (Å²) >= 11 is 0. The van der Waals surface area contributed by atoms with Crippen LogP contribution in [-0.4, -0.2) is 24.3 Å². The molecule has 0 aromatic heterocycles. The molecule has 0 aliphatic carbocycles. The van der Waals surface area contributed by atoms with Crippen molar-refractivity contribution >= 4 is 5.97 Å². The van der Waals surface area contributed by atoms with E-state index >= 15 is 0 Å². The van der Waals surface area contributed by atoms with E-state index in [1.165, 1.54) is 6.08 Å². The van der Waals surface area contributed by atoms with E-state index in [1.807, 2.05) is 37.3 Å². The monoisotopic (exact) mass is 264 g/mol. The smallest absolute Gasteiger partial charge is 0.334 e. The maximum atomic E-state index is 11.4. The Morgan fingerprint density at radius 1 is 1.21 bits per heavy atom. The highest BCUT2D eigenvalue weighted by molar-refractivity contribution is 5.82. The van der Waals surface area contributed by atoms with Crippen LogP contribution >= 0.6 is 0 Å². The van der Waals surface area contributed by atoms with Gasteiger partial charge in [-0.25, -0.2) is 4.79 Å². The number of hydrogen-bond donors (Lipinski definition) is 1. The van der Waals surface area contributed by atoms with Gasteiger partial charge in [-0.3, -0.25) is 0 Å². The number of hydrogen-bond acceptors (Lipinski definition) is 4. The molecular formula is C15H20O4. The number of aliphatic hydroxyl groups excluding tert-OH is 1. The summed E-state index contributed by atoms with van der Waals surface area (Å²) in [6.45, 7) is 4.32. The van der Waals surface area contributed by atoms with Crippen molar-refractivity contribution in [3.8, 4) is 0 Å². The van der Waals surface area contributed by atoms with Crippen LogP contribution in [-0.2, 0) is 14.3 Å². The molecular weight excluding hydrogens is 244 g/mol. The lowest BCUT2D eigenvalue weighted by Gasteiger charge is -2.14. The van der Waals surface area contributed by atoms with E-state index in [2.05, 4.69) is 0 Å². The molecule has 0 saturated heterocycles. The van der Waals surface area contributed by atoms with Crippen molar-refractivity contribution in [2.75, 3.05) is 13.2 Å². The van der Waals surface area contributed by atoms with E-state index in [0.29, 0.717) is 19.0 Å². The quantitative estimate of drug-likeness (QED) is 0.467. The summed E-state index contributed by atoms with van der Waals surface area (Å²) in [4.78, 5) is 11.4. The van der Waals surface area contributed by atoms with Gasteiger partial charge in [0.05, 0.1) is 25.4 Å². The molecule has 0 heterocycles. The van der Waals surface area contributed by atoms with Crippen molar-refractivity contribution < 1.29 is 19.4 Å². The minimum Gasteiger partial charge on any atom is -0.498 e. The average molecular weight is 264 g/mol. The summed E-state index contributed by atoms with van der Waals surface area (Å²) in [6.07, 6.45) is 0.837. The fourth-order valence-corrected chi connectivity index (χ4v) is 1.64. The van der Waals surface area contributed by atoms with Gasteiger partial charge in [-0.15, -0.1) is 0 Å². The van der Waals surface area contributed by atoms with Crippen molar-refractivity contribution in [2.24, 2.45) is 0 Å². The van der Waals surface area contributed by atoms with Crippen LogP contribution in [0, 0.1) is 0 Å². The molecule has 0 spiro atoms. The second kappa shape index (κ2) is 8.32. The van der Waals surface area contributed by atoms with Gasteiger partial charge < -0.3 is 14.6 Å². The second-order valence-electron chi connectivity index (χ2n) is 3.93. The minimum absolute atomic E-state index is 0.247. The van der Waals surface area contributed by atoms with E-state index in [-0.39, 0.29) is 6.42 Å². The number of aliphatic hydroxyl groups is 1. The molecule has 0 saturated carbocycles. The van der Waals surface area contributed by atoms with Crippen LogP contribution in [0.1, 0.15) is 31.9 Å². The van der Waals surface area contributed by atoms with E-state index in [0.717, 1.165) is 5.56 Å². The number of carbonyl (C=O) groups is 1. The fourth-order valence-electron chi connectivity index (χ4n) is 1.64. The Bertz CT molecular complexity index is 411. The molecule has 4 heteroatoms. The molecule has 1 aromatic rings. The standard InChI is InChI=1S/C15H20O4/c1-3-18-13(11-15(17)19-4-2)10-14(16)12-8-6-5-7-9-12/h5-9,11,14,16H,3-4,10H2,1-2H3/b13-11-. The Labute approximate surface area is 113 Å². The Kier molecular flexibility index (Phi) is 6.68. The van der Waals surface area contributed by atoms with Crippen LogP contribution in [0.15, 0.2) is 42.2 Å². The molecule has 4 nitrogen and oxygen atoms in total. The predicted octanol–water partition coefficient (Wildman–Crippen LogP) is 2.59. The highest BCUT2D eigenvalue weighted by Gasteiger charge is 2.12. The average Bonchev–Trinajstić information content (AvgIpc) is 2.40. The maximum absolute atomic E-state index is 11.4. The normalized spacial score (nSPS) is 12.9. The summed E-state index contributed by atoms with van der Waals surface area (Å²) < 4.78 is 10.2. The van der Waals surface area contributed by atoms with Gasteiger partial charge in [0, 0.05) is 6.42 Å². The number of rotatable bonds is 7. The molecule has 0 fully saturated rings. The third kappa shape index (κ3) is 5.57. The molecule has 0 bridgehead atoms. The zero-order chi connectivity index (χ0) is 14.1. The van der Waals surface area contributed by atoms with E-state index in [1.54, 1.807) is 6.92 Å². The van der Waals surface area contributed by atoms with Crippen LogP contribution in [0.2, 0.25) is 0 Å². The summed E-state index contributed by atoms with van der Waals surface area (Å²) in [5.41, 5.74) is 0.789. The summed E-state index contributed by atoms with van der Waals surface area (Å²) in [5, 5.41) is 10.1. The zero-order valence-electron chi connectivity index (χ0n) is 11.3. The largest absolute Gasteiger partial charge is 0.498 e. The third-order valence-corrected chi connectivity index (χ3v) is 2.47. The highest BCUT2D eigenvalue weighted by atomic mass is 16.5. The van der Waals surface area contributed by atoms with Crippen molar-refractivity contribution in [1.82, 2.24) is 0 Å². The highest BCUT2D eigenvalue weighted by Crippen LogP contribution is 2.21. The molecule has 1 rings (SSSR count). The SMILES string of the molecule is CCOC(=O)/C=C(/CC(O)c1ccccc1)OCC. The van der Waals surface area contributed by atoms with Crippen LogP contribution in [0.4, 0.5) is 0 Å². The van der Waals surface area contributed by atoms with Crippen LogP contribution in [0.5, 0.6) is 0 Å². The van der Waals surface area contributed by atoms with E-state index < -0.39 is 12.1 Å². The molecule has 104 valence electrons. The van der Waals surface area contributed by atoms with Crippen molar-refractivity contribution in [1.29, 1.82) is 0 Å². The van der Waals surface area contributed by atoms with Gasteiger partial charge in [0.2, 0.25) is 0 Å². The lowest BCUT2D eigenvalue weighted by molar-refractivity contribution is -0.137. The number of benzene rings is 1. The van der Waals surface area contributed by atoms with Gasteiger partial charge in [-0.2, -0.15) is 0 Å². The van der Waals surface area contributed by atoms with Gasteiger partial charge in [0.15, 0.2) is 0 Å². The Balaban J connectivity index is 2.70. The number of ether oxygens (including phenoxy) is 2. The molecule has 1 N–H and O–H groups in total. The molecule has 0 amide bonds. The molecule has 19 heavy (non-hydrogen) atoms. The Morgan fingerprint density at radius 3 is 2.42 bits per heavy atom. The first-order valence-electron chi connectivity index (χ1n) is 6.40. The molecule has 1 atom stereocenters. The first kappa shape index (κ1) is 15.2. The van der Waals surface area contributed by atoms with Crippen LogP contribution < -0.4 is 0 Å². The number of carbonyl (C=O) groups excluding carboxylic acids is 1. The third-order valence-electron chi connectivity index (χ3n) is 2.47. The zero-order valence-corrected chi connectivity index (χ0v) is 11.3. The van der Waals surface area contributed by atoms with E-state index in [4.69, 9.17) is 9.47 Å². The maximum Gasteiger partial charge on any atom is 0.334 e. The van der Waals surface area contributed by atoms with Crippen LogP contribution in [0.25, 0.3) is 0 Å². The van der Waals surface area contributed by atoms with Gasteiger partial charge in [0.25, 0.3) is 0 Å². The molecule has 1 aromatic carbocycles. The van der Waals surface area contributed by atoms with Crippen molar-refractivity contribution in [2.45, 2.75) is 26.4 Å². The van der Waals surface area contributed by atoms with Crippen molar-refractivity contribution in [3.05, 3.63) is 47.7 Å². The second-order valence-corrected chi connectivity index (χ2v) is 3.93. The molecule has 0 aliphatic rings. The summed E-state index contributed by atoms with van der Waals surface area (Å²) in [7, 11) is 0. The first-order valence-corrected chi connectivity index (χ1v) is 6.40. The van der Waals surface area contributed by atoms with Gasteiger partial charge >= 0.3 is 5.97 Å². The number of esters is 1. The lowest BCUT2D eigenvalue weighted by Crippen LogP contribution is -2.06. The Hall–Kier alpha value is -1.81.